The van der Waals surface area contributed by atoms with Crippen LogP contribution in [0.1, 0.15) is 27.2 Å². The maximum Gasteiger partial charge on any atom is 0.337 e. The summed E-state index contributed by atoms with van der Waals surface area (Å²) in [6, 6.07) is 10.5. The zero-order valence-corrected chi connectivity index (χ0v) is 14.3. The van der Waals surface area contributed by atoms with Gasteiger partial charge in [-0.3, -0.25) is 4.79 Å². The second-order valence-electron chi connectivity index (χ2n) is 5.86. The second-order valence-corrected chi connectivity index (χ2v) is 5.86. The molecule has 0 fully saturated rings. The fourth-order valence-corrected chi connectivity index (χ4v) is 2.57. The van der Waals surface area contributed by atoms with Gasteiger partial charge < -0.3 is 14.6 Å². The number of carbonyl (C=O) groups excluding carboxylic acids is 2. The Morgan fingerprint density at radius 1 is 1.16 bits per heavy atom. The predicted molar refractivity (Wildman–Crippen MR) is 93.6 cm³/mol. The lowest BCUT2D eigenvalue weighted by Crippen LogP contribution is -2.15. The van der Waals surface area contributed by atoms with Crippen molar-refractivity contribution in [2.45, 2.75) is 20.3 Å². The molecule has 1 heterocycles. The van der Waals surface area contributed by atoms with Crippen LogP contribution in [-0.4, -0.2) is 24.1 Å². The molecule has 1 aromatic heterocycles. The summed E-state index contributed by atoms with van der Waals surface area (Å²) >= 11 is 0. The lowest BCUT2D eigenvalue weighted by Gasteiger charge is -2.06. The molecule has 0 aliphatic carbocycles. The number of benzene rings is 2. The van der Waals surface area contributed by atoms with Crippen molar-refractivity contribution in [3.63, 3.8) is 0 Å². The van der Waals surface area contributed by atoms with Crippen molar-refractivity contribution in [2.24, 2.45) is 0 Å². The minimum Gasteiger partial charge on any atom is -0.465 e. The number of rotatable bonds is 4. The highest BCUT2D eigenvalue weighted by Gasteiger charge is 2.14. The average molecular weight is 338 g/mol. The van der Waals surface area contributed by atoms with Gasteiger partial charge >= 0.3 is 5.97 Å². The van der Waals surface area contributed by atoms with E-state index in [9.17, 15) is 9.59 Å². The largest absolute Gasteiger partial charge is 0.465 e. The minimum atomic E-state index is -0.454. The van der Waals surface area contributed by atoms with Gasteiger partial charge in [0.05, 0.1) is 19.1 Å². The van der Waals surface area contributed by atoms with E-state index in [1.807, 2.05) is 26.0 Å². The van der Waals surface area contributed by atoms with Crippen LogP contribution in [0.4, 0.5) is 5.69 Å². The van der Waals surface area contributed by atoms with E-state index in [4.69, 9.17) is 4.52 Å². The molecule has 1 amide bonds. The van der Waals surface area contributed by atoms with E-state index < -0.39 is 5.97 Å². The number of aromatic nitrogens is 1. The van der Waals surface area contributed by atoms with Crippen molar-refractivity contribution in [3.05, 3.63) is 58.8 Å². The molecule has 2 aromatic carbocycles. The summed E-state index contributed by atoms with van der Waals surface area (Å²) in [5.41, 5.74) is 4.37. The molecule has 0 aliphatic rings. The average Bonchev–Trinajstić information content (AvgIpc) is 2.96. The molecule has 3 aromatic rings. The van der Waals surface area contributed by atoms with Gasteiger partial charge in [0.15, 0.2) is 5.58 Å². The van der Waals surface area contributed by atoms with Crippen LogP contribution >= 0.6 is 0 Å². The first-order valence-corrected chi connectivity index (χ1v) is 7.81. The topological polar surface area (TPSA) is 81.4 Å². The highest BCUT2D eigenvalue weighted by molar-refractivity contribution is 5.96. The van der Waals surface area contributed by atoms with Crippen LogP contribution in [0.5, 0.6) is 0 Å². The summed E-state index contributed by atoms with van der Waals surface area (Å²) in [5, 5.41) is 7.60. The number of fused-ring (bicyclic) bond motifs is 1. The molecule has 0 spiro atoms. The van der Waals surface area contributed by atoms with Gasteiger partial charge in [-0.1, -0.05) is 11.2 Å². The fraction of sp³-hybridized carbons (Fsp3) is 0.211. The van der Waals surface area contributed by atoms with E-state index in [-0.39, 0.29) is 12.3 Å². The highest BCUT2D eigenvalue weighted by atomic mass is 16.5. The van der Waals surface area contributed by atoms with Gasteiger partial charge in [-0.25, -0.2) is 4.79 Å². The number of carbonyl (C=O) groups is 2. The quantitative estimate of drug-likeness (QED) is 0.737. The number of amides is 1. The van der Waals surface area contributed by atoms with E-state index in [1.54, 1.807) is 24.3 Å². The smallest absolute Gasteiger partial charge is 0.337 e. The van der Waals surface area contributed by atoms with Crippen LogP contribution in [0, 0.1) is 13.8 Å². The molecule has 25 heavy (non-hydrogen) atoms. The van der Waals surface area contributed by atoms with E-state index in [0.29, 0.717) is 22.5 Å². The Kier molecular flexibility index (Phi) is 4.52. The number of methoxy groups -OCH3 is 1. The maximum absolute atomic E-state index is 12.3. The number of hydrogen-bond acceptors (Lipinski definition) is 5. The maximum atomic E-state index is 12.3. The third-order valence-corrected chi connectivity index (χ3v) is 4.06. The molecule has 0 unspecified atom stereocenters. The Labute approximate surface area is 144 Å². The monoisotopic (exact) mass is 338 g/mol. The zero-order chi connectivity index (χ0) is 18.0. The number of nitrogens with zero attached hydrogens (tertiary/aromatic N) is 1. The molecule has 128 valence electrons. The number of esters is 1. The minimum absolute atomic E-state index is 0.0813. The summed E-state index contributed by atoms with van der Waals surface area (Å²) in [4.78, 5) is 23.9. The third kappa shape index (κ3) is 3.52. The van der Waals surface area contributed by atoms with E-state index in [0.717, 1.165) is 16.5 Å². The van der Waals surface area contributed by atoms with E-state index >= 15 is 0 Å². The van der Waals surface area contributed by atoms with Gasteiger partial charge in [0, 0.05) is 11.1 Å². The summed E-state index contributed by atoms with van der Waals surface area (Å²) < 4.78 is 9.99. The first-order chi connectivity index (χ1) is 12.0. The molecular formula is C19H18N2O4. The van der Waals surface area contributed by atoms with Crippen molar-refractivity contribution >= 4 is 28.5 Å². The molecule has 0 bridgehead atoms. The first kappa shape index (κ1) is 16.7. The Bertz CT molecular complexity index is 959. The van der Waals surface area contributed by atoms with Crippen molar-refractivity contribution in [1.82, 2.24) is 5.16 Å². The molecule has 0 saturated heterocycles. The number of ether oxygens (including phenoxy) is 1. The number of anilines is 1. The number of hydrogen-bond donors (Lipinski definition) is 1. The van der Waals surface area contributed by atoms with Crippen molar-refractivity contribution in [2.75, 3.05) is 12.4 Å². The van der Waals surface area contributed by atoms with Crippen LogP contribution in [-0.2, 0) is 16.0 Å². The van der Waals surface area contributed by atoms with Crippen molar-refractivity contribution in [1.29, 1.82) is 0 Å². The molecular weight excluding hydrogens is 320 g/mol. The Balaban J connectivity index is 1.77. The summed E-state index contributed by atoms with van der Waals surface area (Å²) in [6.07, 6.45) is 0.0813. The standard InChI is InChI=1S/C19H18N2O4/c1-11-7-15-16(21-25-17(15)8-12(11)2)10-18(22)20-14-6-4-5-13(9-14)19(23)24-3/h4-9H,10H2,1-3H3,(H,20,22). The van der Waals surface area contributed by atoms with Gasteiger partial charge in [0.1, 0.15) is 5.69 Å². The van der Waals surface area contributed by atoms with Crippen LogP contribution < -0.4 is 5.32 Å². The zero-order valence-electron chi connectivity index (χ0n) is 14.3. The number of nitrogens with one attached hydrogen (secondary N) is 1. The molecule has 1 N–H and O–H groups in total. The van der Waals surface area contributed by atoms with Crippen molar-refractivity contribution < 1.29 is 18.8 Å². The highest BCUT2D eigenvalue weighted by Crippen LogP contribution is 2.23. The fourth-order valence-electron chi connectivity index (χ4n) is 2.57. The van der Waals surface area contributed by atoms with Crippen LogP contribution in [0.15, 0.2) is 40.9 Å². The SMILES string of the molecule is COC(=O)c1cccc(NC(=O)Cc2noc3cc(C)c(C)cc23)c1. The van der Waals surface area contributed by atoms with Crippen molar-refractivity contribution in [3.8, 4) is 0 Å². The lowest BCUT2D eigenvalue weighted by atomic mass is 10.1. The molecule has 0 radical (unpaired) electrons. The van der Waals surface area contributed by atoms with Gasteiger partial charge in [-0.15, -0.1) is 0 Å². The van der Waals surface area contributed by atoms with Gasteiger partial charge in [-0.2, -0.15) is 0 Å². The molecule has 0 saturated carbocycles. The Hall–Kier alpha value is -3.15. The summed E-state index contributed by atoms with van der Waals surface area (Å²) in [7, 11) is 1.31. The molecule has 6 heteroatoms. The van der Waals surface area contributed by atoms with Gasteiger partial charge in [-0.05, 0) is 55.3 Å². The first-order valence-electron chi connectivity index (χ1n) is 7.81. The molecule has 6 nitrogen and oxygen atoms in total. The van der Waals surface area contributed by atoms with E-state index in [1.165, 1.54) is 7.11 Å². The lowest BCUT2D eigenvalue weighted by molar-refractivity contribution is -0.115. The molecule has 0 atom stereocenters. The summed E-state index contributed by atoms with van der Waals surface area (Å²) in [5.74, 6) is -0.695. The van der Waals surface area contributed by atoms with Gasteiger partial charge in [0.25, 0.3) is 0 Å². The normalized spacial score (nSPS) is 10.7. The Morgan fingerprint density at radius 3 is 2.68 bits per heavy atom. The Morgan fingerprint density at radius 2 is 1.92 bits per heavy atom. The summed E-state index contributed by atoms with van der Waals surface area (Å²) in [6.45, 7) is 4.00. The van der Waals surface area contributed by atoms with Gasteiger partial charge in [0.2, 0.25) is 5.91 Å². The molecule has 3 rings (SSSR count). The molecule has 0 aliphatic heterocycles. The third-order valence-electron chi connectivity index (χ3n) is 4.06. The van der Waals surface area contributed by atoms with Crippen LogP contribution in [0.3, 0.4) is 0 Å². The predicted octanol–water partition coefficient (Wildman–Crippen LogP) is 3.41. The second kappa shape index (κ2) is 6.76. The van der Waals surface area contributed by atoms with E-state index in [2.05, 4.69) is 15.2 Å². The number of aryl methyl sites for hydroxylation is 2. The van der Waals surface area contributed by atoms with Crippen LogP contribution in [0.25, 0.3) is 11.0 Å². The van der Waals surface area contributed by atoms with Crippen LogP contribution in [0.2, 0.25) is 0 Å².